The van der Waals surface area contributed by atoms with Gasteiger partial charge in [0.15, 0.2) is 0 Å². The third-order valence-corrected chi connectivity index (χ3v) is 5.54. The van der Waals surface area contributed by atoms with Crippen molar-refractivity contribution in [2.45, 2.75) is 44.9 Å². The number of hydrogen-bond donors (Lipinski definition) is 1. The molecule has 1 aliphatic heterocycles. The number of para-hydroxylation sites is 1. The number of nitrogens with one attached hydrogen (secondary N) is 1. The van der Waals surface area contributed by atoms with Gasteiger partial charge in [0.25, 0.3) is 0 Å². The van der Waals surface area contributed by atoms with Gasteiger partial charge >= 0.3 is 5.69 Å². The minimum atomic E-state index is -0.0485. The first-order chi connectivity index (χ1) is 14.0. The highest BCUT2D eigenvalue weighted by molar-refractivity contribution is 5.83. The second-order valence-corrected chi connectivity index (χ2v) is 7.97. The number of carbonyl (C=O) groups is 1. The lowest BCUT2D eigenvalue weighted by atomic mass is 10.1. The SMILES string of the molecule is CN(C)CCn1nc2n(c1=O)CCC(NC(=O)Cn1ccc3ccccc31)CC2. The van der Waals surface area contributed by atoms with Crippen LogP contribution in [0.25, 0.3) is 10.9 Å². The van der Waals surface area contributed by atoms with Gasteiger partial charge in [0.1, 0.15) is 12.4 Å². The van der Waals surface area contributed by atoms with Gasteiger partial charge in [0.05, 0.1) is 6.54 Å². The molecule has 3 heterocycles. The van der Waals surface area contributed by atoms with Crippen molar-refractivity contribution >= 4 is 16.8 Å². The van der Waals surface area contributed by atoms with Gasteiger partial charge in [0, 0.05) is 37.3 Å². The second-order valence-electron chi connectivity index (χ2n) is 7.97. The molecule has 8 nitrogen and oxygen atoms in total. The van der Waals surface area contributed by atoms with Crippen LogP contribution in [0.5, 0.6) is 0 Å². The van der Waals surface area contributed by atoms with E-state index >= 15 is 0 Å². The molecule has 8 heteroatoms. The number of hydrogen-bond acceptors (Lipinski definition) is 4. The molecule has 1 amide bonds. The normalized spacial score (nSPS) is 16.7. The van der Waals surface area contributed by atoms with E-state index in [1.165, 1.54) is 0 Å². The Bertz CT molecular complexity index is 1060. The highest BCUT2D eigenvalue weighted by atomic mass is 16.2. The largest absolute Gasteiger partial charge is 0.352 e. The van der Waals surface area contributed by atoms with Crippen molar-refractivity contribution in [3.05, 3.63) is 52.8 Å². The Hall–Kier alpha value is -2.87. The van der Waals surface area contributed by atoms with Gasteiger partial charge in [-0.2, -0.15) is 5.10 Å². The molecule has 0 aliphatic carbocycles. The maximum atomic E-state index is 12.6. The minimum absolute atomic E-state index is 0.000660. The second kappa shape index (κ2) is 8.24. The first kappa shape index (κ1) is 19.4. The summed E-state index contributed by atoms with van der Waals surface area (Å²) in [6.07, 6.45) is 4.18. The summed E-state index contributed by atoms with van der Waals surface area (Å²) in [5, 5.41) is 8.79. The summed E-state index contributed by atoms with van der Waals surface area (Å²) in [5.74, 6) is 0.821. The quantitative estimate of drug-likeness (QED) is 0.677. The predicted molar refractivity (Wildman–Crippen MR) is 112 cm³/mol. The molecule has 1 N–H and O–H groups in total. The zero-order valence-corrected chi connectivity index (χ0v) is 17.0. The molecule has 29 heavy (non-hydrogen) atoms. The van der Waals surface area contributed by atoms with Crippen molar-refractivity contribution in [1.82, 2.24) is 29.1 Å². The van der Waals surface area contributed by atoms with E-state index in [-0.39, 0.29) is 17.6 Å². The van der Waals surface area contributed by atoms with Gasteiger partial charge in [-0.1, -0.05) is 18.2 Å². The van der Waals surface area contributed by atoms with Crippen molar-refractivity contribution in [2.24, 2.45) is 0 Å². The van der Waals surface area contributed by atoms with Crippen molar-refractivity contribution in [3.8, 4) is 0 Å². The lowest BCUT2D eigenvalue weighted by Gasteiger charge is -2.16. The summed E-state index contributed by atoms with van der Waals surface area (Å²) in [6.45, 7) is 2.26. The average molecular weight is 396 g/mol. The van der Waals surface area contributed by atoms with Crippen LogP contribution in [0, 0.1) is 0 Å². The maximum absolute atomic E-state index is 12.6. The van der Waals surface area contributed by atoms with Gasteiger partial charge in [0.2, 0.25) is 5.91 Å². The number of benzene rings is 1. The standard InChI is InChI=1S/C21H28N6O2/c1-24(2)13-14-27-21(29)26-12-10-17(7-8-19(26)23-27)22-20(28)15-25-11-9-16-5-3-4-6-18(16)25/h3-6,9,11,17H,7-8,10,12-15H2,1-2H3,(H,22,28). The lowest BCUT2D eigenvalue weighted by molar-refractivity contribution is -0.122. The summed E-state index contributed by atoms with van der Waals surface area (Å²) in [4.78, 5) is 27.2. The Morgan fingerprint density at radius 3 is 2.90 bits per heavy atom. The van der Waals surface area contributed by atoms with E-state index in [1.54, 1.807) is 9.25 Å². The molecular weight excluding hydrogens is 368 g/mol. The first-order valence-electron chi connectivity index (χ1n) is 10.2. The molecule has 0 spiro atoms. The molecule has 1 atom stereocenters. The molecule has 2 aromatic heterocycles. The molecule has 0 radical (unpaired) electrons. The van der Waals surface area contributed by atoms with Crippen LogP contribution in [0.15, 0.2) is 41.3 Å². The lowest BCUT2D eigenvalue weighted by Crippen LogP contribution is -2.37. The number of fused-ring (bicyclic) bond motifs is 2. The van der Waals surface area contributed by atoms with Crippen molar-refractivity contribution in [2.75, 3.05) is 20.6 Å². The van der Waals surface area contributed by atoms with Crippen LogP contribution in [0.2, 0.25) is 0 Å². The van der Waals surface area contributed by atoms with Crippen LogP contribution in [-0.2, 0) is 30.8 Å². The Morgan fingerprint density at radius 2 is 2.07 bits per heavy atom. The van der Waals surface area contributed by atoms with E-state index in [2.05, 4.69) is 10.4 Å². The number of likely N-dealkylation sites (N-methyl/N-ethyl adjacent to an activating group) is 1. The van der Waals surface area contributed by atoms with Gasteiger partial charge in [-0.3, -0.25) is 9.36 Å². The van der Waals surface area contributed by atoms with E-state index in [1.807, 2.05) is 60.1 Å². The summed E-state index contributed by atoms with van der Waals surface area (Å²) in [7, 11) is 3.96. The molecule has 0 saturated carbocycles. The van der Waals surface area contributed by atoms with E-state index in [9.17, 15) is 9.59 Å². The highest BCUT2D eigenvalue weighted by Crippen LogP contribution is 2.15. The Morgan fingerprint density at radius 1 is 1.24 bits per heavy atom. The molecule has 1 unspecified atom stereocenters. The van der Waals surface area contributed by atoms with Crippen LogP contribution in [-0.4, -0.2) is 56.4 Å². The Balaban J connectivity index is 1.36. The van der Waals surface area contributed by atoms with Crippen LogP contribution in [0.4, 0.5) is 0 Å². The summed E-state index contributed by atoms with van der Waals surface area (Å²) in [5.41, 5.74) is 1.01. The van der Waals surface area contributed by atoms with E-state index in [0.29, 0.717) is 26.1 Å². The van der Waals surface area contributed by atoms with Gasteiger partial charge in [-0.05, 0) is 44.5 Å². The molecule has 1 aliphatic rings. The molecule has 4 rings (SSSR count). The Kier molecular flexibility index (Phi) is 5.53. The topological polar surface area (TPSA) is 77.1 Å². The van der Waals surface area contributed by atoms with Gasteiger partial charge in [-0.15, -0.1) is 0 Å². The van der Waals surface area contributed by atoms with Crippen molar-refractivity contribution in [3.63, 3.8) is 0 Å². The molecular formula is C21H28N6O2. The van der Waals surface area contributed by atoms with E-state index in [4.69, 9.17) is 0 Å². The maximum Gasteiger partial charge on any atom is 0.345 e. The zero-order valence-electron chi connectivity index (χ0n) is 17.0. The van der Waals surface area contributed by atoms with Crippen molar-refractivity contribution < 1.29 is 4.79 Å². The minimum Gasteiger partial charge on any atom is -0.352 e. The predicted octanol–water partition coefficient (Wildman–Crippen LogP) is 1.08. The molecule has 1 aromatic carbocycles. The fourth-order valence-electron chi connectivity index (χ4n) is 3.92. The smallest absolute Gasteiger partial charge is 0.345 e. The van der Waals surface area contributed by atoms with Crippen LogP contribution in [0.1, 0.15) is 18.7 Å². The number of carbonyl (C=O) groups excluding carboxylic acids is 1. The molecule has 0 saturated heterocycles. The number of aromatic nitrogens is 4. The molecule has 3 aromatic rings. The average Bonchev–Trinajstić information content (AvgIpc) is 3.16. The monoisotopic (exact) mass is 396 g/mol. The fraction of sp³-hybridized carbons (Fsp3) is 0.476. The van der Waals surface area contributed by atoms with Crippen LogP contribution >= 0.6 is 0 Å². The summed E-state index contributed by atoms with van der Waals surface area (Å²) >= 11 is 0. The summed E-state index contributed by atoms with van der Waals surface area (Å²) < 4.78 is 5.29. The Labute approximate surface area is 169 Å². The third-order valence-electron chi connectivity index (χ3n) is 5.54. The third kappa shape index (κ3) is 4.27. The highest BCUT2D eigenvalue weighted by Gasteiger charge is 2.22. The molecule has 154 valence electrons. The van der Waals surface area contributed by atoms with Crippen LogP contribution in [0.3, 0.4) is 0 Å². The van der Waals surface area contributed by atoms with Gasteiger partial charge < -0.3 is 14.8 Å². The van der Waals surface area contributed by atoms with Gasteiger partial charge in [-0.25, -0.2) is 9.48 Å². The number of amides is 1. The van der Waals surface area contributed by atoms with E-state index < -0.39 is 0 Å². The number of aryl methyl sites for hydroxylation is 1. The summed E-state index contributed by atoms with van der Waals surface area (Å²) in [6, 6.07) is 10.1. The molecule has 0 bridgehead atoms. The number of rotatable bonds is 6. The first-order valence-corrected chi connectivity index (χ1v) is 10.2. The molecule has 0 fully saturated rings. The zero-order chi connectivity index (χ0) is 20.4. The number of nitrogens with zero attached hydrogens (tertiary/aromatic N) is 5. The fourth-order valence-corrected chi connectivity index (χ4v) is 3.92. The van der Waals surface area contributed by atoms with E-state index in [0.717, 1.165) is 36.1 Å². The van der Waals surface area contributed by atoms with Crippen molar-refractivity contribution in [1.29, 1.82) is 0 Å². The van der Waals surface area contributed by atoms with Crippen LogP contribution < -0.4 is 11.0 Å².